The number of hydrogen-bond donors (Lipinski definition) is 1. The summed E-state index contributed by atoms with van der Waals surface area (Å²) in [5.41, 5.74) is 0. The third kappa shape index (κ3) is 1.43. The van der Waals surface area contributed by atoms with Gasteiger partial charge in [0.25, 0.3) is 5.91 Å². The summed E-state index contributed by atoms with van der Waals surface area (Å²) in [7, 11) is 0. The summed E-state index contributed by atoms with van der Waals surface area (Å²) in [4.78, 5) is 24.6. The summed E-state index contributed by atoms with van der Waals surface area (Å²) in [6.07, 6.45) is 1.85. The number of Topliss-reactive ketones (excluding diaryl/α,β-unsaturated/α-hetero) is 1. The van der Waals surface area contributed by atoms with E-state index in [4.69, 9.17) is 0 Å². The Hall–Kier alpha value is -0.900. The maximum atomic E-state index is 11.6. The molecule has 2 heterocycles. The molecule has 4 heteroatoms. The standard InChI is InChI=1S/C10H15NO3/c1-6(12)10(14)11-7-2-3-8(11)5-9(13)4-7/h6-8,12H,2-5H2,1H3/t6?,7-,8+. The Morgan fingerprint density at radius 2 is 1.93 bits per heavy atom. The molecule has 78 valence electrons. The molecule has 4 nitrogen and oxygen atoms in total. The van der Waals surface area contributed by atoms with Crippen LogP contribution < -0.4 is 0 Å². The van der Waals surface area contributed by atoms with Crippen molar-refractivity contribution < 1.29 is 14.7 Å². The van der Waals surface area contributed by atoms with Crippen molar-refractivity contribution in [1.29, 1.82) is 0 Å². The molecule has 2 aliphatic rings. The van der Waals surface area contributed by atoms with Crippen LogP contribution in [0, 0.1) is 0 Å². The zero-order valence-electron chi connectivity index (χ0n) is 8.27. The van der Waals surface area contributed by atoms with E-state index in [-0.39, 0.29) is 23.8 Å². The van der Waals surface area contributed by atoms with Gasteiger partial charge in [-0.15, -0.1) is 0 Å². The number of carbonyl (C=O) groups is 2. The van der Waals surface area contributed by atoms with Gasteiger partial charge in [-0.1, -0.05) is 0 Å². The Morgan fingerprint density at radius 3 is 2.36 bits per heavy atom. The van der Waals surface area contributed by atoms with Gasteiger partial charge in [-0.05, 0) is 19.8 Å². The lowest BCUT2D eigenvalue weighted by atomic mass is 10.0. The number of carbonyl (C=O) groups excluding carboxylic acids is 2. The molecule has 0 spiro atoms. The zero-order chi connectivity index (χ0) is 10.3. The second-order valence-corrected chi connectivity index (χ2v) is 4.25. The number of hydrogen-bond acceptors (Lipinski definition) is 3. The summed E-state index contributed by atoms with van der Waals surface area (Å²) in [6.45, 7) is 1.48. The summed E-state index contributed by atoms with van der Waals surface area (Å²) >= 11 is 0. The summed E-state index contributed by atoms with van der Waals surface area (Å²) in [5, 5.41) is 9.23. The molecule has 2 rings (SSSR count). The molecular formula is C10H15NO3. The quantitative estimate of drug-likeness (QED) is 0.648. The average molecular weight is 197 g/mol. The molecule has 2 bridgehead atoms. The van der Waals surface area contributed by atoms with Crippen molar-refractivity contribution in [3.8, 4) is 0 Å². The smallest absolute Gasteiger partial charge is 0.251 e. The molecule has 2 fully saturated rings. The molecule has 1 N–H and O–H groups in total. The van der Waals surface area contributed by atoms with Gasteiger partial charge in [0.2, 0.25) is 0 Å². The molecule has 2 aliphatic heterocycles. The molecule has 1 unspecified atom stereocenters. The third-order valence-corrected chi connectivity index (χ3v) is 3.16. The monoisotopic (exact) mass is 197 g/mol. The SMILES string of the molecule is CC(O)C(=O)N1[C@@H]2CC[C@H]1CC(=O)C2. The lowest BCUT2D eigenvalue weighted by Gasteiger charge is -2.34. The maximum absolute atomic E-state index is 11.6. The van der Waals surface area contributed by atoms with Crippen LogP contribution in [0.4, 0.5) is 0 Å². The minimum Gasteiger partial charge on any atom is -0.384 e. The van der Waals surface area contributed by atoms with Crippen molar-refractivity contribution in [2.75, 3.05) is 0 Å². The van der Waals surface area contributed by atoms with Crippen molar-refractivity contribution in [3.05, 3.63) is 0 Å². The molecule has 0 aliphatic carbocycles. The van der Waals surface area contributed by atoms with Crippen LogP contribution in [-0.4, -0.2) is 39.9 Å². The van der Waals surface area contributed by atoms with E-state index < -0.39 is 6.10 Å². The lowest BCUT2D eigenvalue weighted by molar-refractivity contribution is -0.145. The molecule has 0 aromatic carbocycles. The molecule has 14 heavy (non-hydrogen) atoms. The highest BCUT2D eigenvalue weighted by Crippen LogP contribution is 2.34. The Labute approximate surface area is 82.9 Å². The summed E-state index contributed by atoms with van der Waals surface area (Å²) in [6, 6.07) is 0.117. The lowest BCUT2D eigenvalue weighted by Crippen LogP contribution is -2.50. The third-order valence-electron chi connectivity index (χ3n) is 3.16. The second kappa shape index (κ2) is 3.35. The first-order chi connectivity index (χ1) is 6.59. The summed E-state index contributed by atoms with van der Waals surface area (Å²) in [5.74, 6) is 0.0390. The van der Waals surface area contributed by atoms with Crippen LogP contribution >= 0.6 is 0 Å². The molecule has 0 aromatic heterocycles. The van der Waals surface area contributed by atoms with Crippen LogP contribution in [0.3, 0.4) is 0 Å². The Bertz CT molecular complexity index is 259. The van der Waals surface area contributed by atoms with E-state index in [1.807, 2.05) is 0 Å². The molecule has 0 radical (unpaired) electrons. The first-order valence-electron chi connectivity index (χ1n) is 5.11. The molecule has 0 aromatic rings. The molecule has 0 saturated carbocycles. The van der Waals surface area contributed by atoms with E-state index in [1.54, 1.807) is 4.90 Å². The first kappa shape index (κ1) is 9.65. The van der Waals surface area contributed by atoms with E-state index in [1.165, 1.54) is 6.92 Å². The maximum Gasteiger partial charge on any atom is 0.251 e. The van der Waals surface area contributed by atoms with Crippen LogP contribution in [0.25, 0.3) is 0 Å². The normalized spacial score (nSPS) is 33.3. The van der Waals surface area contributed by atoms with Crippen LogP contribution in [-0.2, 0) is 9.59 Å². The van der Waals surface area contributed by atoms with Crippen LogP contribution in [0.1, 0.15) is 32.6 Å². The number of aliphatic hydroxyl groups excluding tert-OH is 1. The van der Waals surface area contributed by atoms with E-state index >= 15 is 0 Å². The van der Waals surface area contributed by atoms with Crippen LogP contribution in [0.2, 0.25) is 0 Å². The van der Waals surface area contributed by atoms with Crippen molar-refractivity contribution in [3.63, 3.8) is 0 Å². The zero-order valence-corrected chi connectivity index (χ0v) is 8.27. The van der Waals surface area contributed by atoms with E-state index in [9.17, 15) is 14.7 Å². The van der Waals surface area contributed by atoms with Gasteiger partial charge in [-0.2, -0.15) is 0 Å². The molecule has 2 saturated heterocycles. The van der Waals surface area contributed by atoms with Gasteiger partial charge in [0.05, 0.1) is 0 Å². The van der Waals surface area contributed by atoms with Gasteiger partial charge in [-0.3, -0.25) is 9.59 Å². The van der Waals surface area contributed by atoms with Crippen LogP contribution in [0.15, 0.2) is 0 Å². The predicted octanol–water partition coefficient (Wildman–Crippen LogP) is 0.0897. The summed E-state index contributed by atoms with van der Waals surface area (Å²) < 4.78 is 0. The number of piperidine rings is 1. The largest absolute Gasteiger partial charge is 0.384 e. The predicted molar refractivity (Wildman–Crippen MR) is 49.6 cm³/mol. The van der Waals surface area contributed by atoms with Crippen molar-refractivity contribution in [2.24, 2.45) is 0 Å². The fourth-order valence-electron chi connectivity index (χ4n) is 2.55. The van der Waals surface area contributed by atoms with Crippen LogP contribution in [0.5, 0.6) is 0 Å². The van der Waals surface area contributed by atoms with Crippen molar-refractivity contribution in [2.45, 2.75) is 50.8 Å². The average Bonchev–Trinajstić information content (AvgIpc) is 2.37. The number of aliphatic hydroxyl groups is 1. The van der Waals surface area contributed by atoms with Crippen molar-refractivity contribution >= 4 is 11.7 Å². The minimum absolute atomic E-state index is 0.0587. The fourth-order valence-corrected chi connectivity index (χ4v) is 2.55. The Balaban J connectivity index is 2.15. The highest BCUT2D eigenvalue weighted by molar-refractivity contribution is 5.87. The Morgan fingerprint density at radius 1 is 1.43 bits per heavy atom. The number of fused-ring (bicyclic) bond motifs is 2. The van der Waals surface area contributed by atoms with E-state index in [2.05, 4.69) is 0 Å². The van der Waals surface area contributed by atoms with Gasteiger partial charge in [-0.25, -0.2) is 0 Å². The Kier molecular flexibility index (Phi) is 2.31. The fraction of sp³-hybridized carbons (Fsp3) is 0.800. The van der Waals surface area contributed by atoms with Crippen molar-refractivity contribution in [1.82, 2.24) is 4.90 Å². The van der Waals surface area contributed by atoms with Gasteiger partial charge in [0.1, 0.15) is 11.9 Å². The van der Waals surface area contributed by atoms with Gasteiger partial charge in [0.15, 0.2) is 0 Å². The topological polar surface area (TPSA) is 57.6 Å². The molecule has 1 amide bonds. The molecular weight excluding hydrogens is 182 g/mol. The van der Waals surface area contributed by atoms with E-state index in [0.29, 0.717) is 12.8 Å². The highest BCUT2D eigenvalue weighted by atomic mass is 16.3. The number of rotatable bonds is 1. The van der Waals surface area contributed by atoms with Gasteiger partial charge >= 0.3 is 0 Å². The van der Waals surface area contributed by atoms with Gasteiger partial charge in [0, 0.05) is 24.9 Å². The number of nitrogens with zero attached hydrogens (tertiary/aromatic N) is 1. The second-order valence-electron chi connectivity index (χ2n) is 4.25. The molecule has 3 atom stereocenters. The van der Waals surface area contributed by atoms with Gasteiger partial charge < -0.3 is 10.0 Å². The minimum atomic E-state index is -0.939. The number of ketones is 1. The number of amides is 1. The van der Waals surface area contributed by atoms with E-state index in [0.717, 1.165) is 12.8 Å². The highest BCUT2D eigenvalue weighted by Gasteiger charge is 2.43. The first-order valence-corrected chi connectivity index (χ1v) is 5.11.